The number of fused-ring (bicyclic) bond motifs is 5. The lowest BCUT2D eigenvalue weighted by molar-refractivity contribution is -0.384. The van der Waals surface area contributed by atoms with Gasteiger partial charge in [-0.05, 0) is 41.2 Å². The molecule has 5 heteroatoms. The van der Waals surface area contributed by atoms with E-state index >= 15 is 0 Å². The van der Waals surface area contributed by atoms with Crippen molar-refractivity contribution in [1.29, 1.82) is 0 Å². The zero-order chi connectivity index (χ0) is 17.7. The first-order chi connectivity index (χ1) is 12.7. The van der Waals surface area contributed by atoms with E-state index in [1.54, 1.807) is 12.1 Å². The van der Waals surface area contributed by atoms with E-state index in [1.165, 1.54) is 11.1 Å². The lowest BCUT2D eigenvalue weighted by Crippen LogP contribution is -2.31. The van der Waals surface area contributed by atoms with Gasteiger partial charge < -0.3 is 5.32 Å². The molecule has 1 aliphatic carbocycles. The largest absolute Gasteiger partial charge is 0.376 e. The van der Waals surface area contributed by atoms with Crippen molar-refractivity contribution in [3.63, 3.8) is 0 Å². The van der Waals surface area contributed by atoms with Crippen molar-refractivity contribution >= 4 is 11.4 Å². The zero-order valence-corrected chi connectivity index (χ0v) is 14.0. The van der Waals surface area contributed by atoms with Crippen molar-refractivity contribution in [2.75, 3.05) is 5.32 Å². The van der Waals surface area contributed by atoms with Crippen molar-refractivity contribution in [3.05, 3.63) is 99.4 Å². The molecule has 1 aliphatic heterocycles. The van der Waals surface area contributed by atoms with Crippen LogP contribution < -0.4 is 5.32 Å². The molecule has 5 rings (SSSR count). The maximum Gasteiger partial charge on any atom is 0.269 e. The van der Waals surface area contributed by atoms with Crippen LogP contribution in [0.2, 0.25) is 0 Å². The minimum absolute atomic E-state index is 0.102. The Morgan fingerprint density at radius 2 is 1.85 bits per heavy atom. The second-order valence-electron chi connectivity index (χ2n) is 6.95. The van der Waals surface area contributed by atoms with Crippen LogP contribution in [0.15, 0.2) is 66.9 Å². The Bertz CT molecular complexity index is 1000. The fourth-order valence-electron chi connectivity index (χ4n) is 4.48. The third-order valence-electron chi connectivity index (χ3n) is 5.61. The van der Waals surface area contributed by atoms with Gasteiger partial charge in [-0.15, -0.1) is 0 Å². The van der Waals surface area contributed by atoms with Crippen LogP contribution in [0.3, 0.4) is 0 Å². The van der Waals surface area contributed by atoms with Crippen LogP contribution in [-0.4, -0.2) is 9.91 Å². The molecule has 26 heavy (non-hydrogen) atoms. The Morgan fingerprint density at radius 3 is 2.65 bits per heavy atom. The van der Waals surface area contributed by atoms with Gasteiger partial charge in [0, 0.05) is 24.2 Å². The smallest absolute Gasteiger partial charge is 0.269 e. The second kappa shape index (κ2) is 5.66. The highest BCUT2D eigenvalue weighted by molar-refractivity contribution is 5.60. The predicted molar refractivity (Wildman–Crippen MR) is 99.2 cm³/mol. The van der Waals surface area contributed by atoms with E-state index in [2.05, 4.69) is 40.6 Å². The first kappa shape index (κ1) is 15.1. The van der Waals surface area contributed by atoms with E-state index < -0.39 is 0 Å². The third kappa shape index (κ3) is 2.20. The van der Waals surface area contributed by atoms with Crippen LogP contribution >= 0.6 is 0 Å². The van der Waals surface area contributed by atoms with E-state index in [-0.39, 0.29) is 22.6 Å². The molecule has 3 aromatic rings. The van der Waals surface area contributed by atoms with E-state index in [4.69, 9.17) is 0 Å². The van der Waals surface area contributed by atoms with Crippen molar-refractivity contribution in [2.45, 2.75) is 18.4 Å². The van der Waals surface area contributed by atoms with Gasteiger partial charge in [0.05, 0.1) is 22.3 Å². The Balaban J connectivity index is 1.62. The zero-order valence-electron chi connectivity index (χ0n) is 14.0. The number of nitro benzene ring substituents is 1. The number of nitrogens with zero attached hydrogens (tertiary/aromatic N) is 2. The van der Waals surface area contributed by atoms with Gasteiger partial charge in [-0.1, -0.05) is 36.4 Å². The summed E-state index contributed by atoms with van der Waals surface area (Å²) >= 11 is 0. The number of benzene rings is 2. The summed E-state index contributed by atoms with van der Waals surface area (Å²) in [5.74, 6) is 0.597. The second-order valence-corrected chi connectivity index (χ2v) is 6.95. The van der Waals surface area contributed by atoms with Crippen LogP contribution in [0.5, 0.6) is 0 Å². The molecule has 2 aromatic carbocycles. The highest BCUT2D eigenvalue weighted by atomic mass is 16.6. The number of non-ortho nitro benzene ring substituents is 1. The molecule has 1 N–H and O–H groups in total. The fourth-order valence-corrected chi connectivity index (χ4v) is 4.48. The van der Waals surface area contributed by atoms with E-state index in [1.807, 2.05) is 24.4 Å². The van der Waals surface area contributed by atoms with Crippen molar-refractivity contribution < 1.29 is 4.92 Å². The predicted octanol–water partition coefficient (Wildman–Crippen LogP) is 4.46. The molecule has 0 radical (unpaired) electrons. The number of nitro groups is 1. The lowest BCUT2D eigenvalue weighted by atomic mass is 9.78. The quantitative estimate of drug-likeness (QED) is 0.551. The highest BCUT2D eigenvalue weighted by Gasteiger charge is 2.43. The standard InChI is InChI=1S/C21H17N3O2/c25-24(26)15-9-7-13(8-10-15)20-17-12-14-4-1-2-5-16(14)19(17)21-18(23-20)6-3-11-22-21/h1-11,17,19-20,23H,12H2/t17-,19+,20-/m1/s1. The van der Waals surface area contributed by atoms with Gasteiger partial charge >= 0.3 is 0 Å². The summed E-state index contributed by atoms with van der Waals surface area (Å²) in [4.78, 5) is 15.3. The van der Waals surface area contributed by atoms with Gasteiger partial charge in [0.1, 0.15) is 0 Å². The SMILES string of the molecule is O=[N+]([O-])c1ccc([C@H]2Nc3cccnc3[C@H]3c4ccccc4C[C@H]32)cc1. The maximum atomic E-state index is 11.0. The number of hydrogen-bond donors (Lipinski definition) is 1. The van der Waals surface area contributed by atoms with Gasteiger partial charge in [-0.2, -0.15) is 0 Å². The molecule has 5 nitrogen and oxygen atoms in total. The van der Waals surface area contributed by atoms with Gasteiger partial charge in [-0.3, -0.25) is 15.1 Å². The van der Waals surface area contributed by atoms with E-state index in [0.717, 1.165) is 23.4 Å². The van der Waals surface area contributed by atoms with E-state index in [9.17, 15) is 10.1 Å². The minimum atomic E-state index is -0.356. The van der Waals surface area contributed by atoms with Crippen molar-refractivity contribution in [1.82, 2.24) is 4.98 Å². The Labute approximate surface area is 150 Å². The molecule has 1 aromatic heterocycles. The number of nitrogens with one attached hydrogen (secondary N) is 1. The first-order valence-corrected chi connectivity index (χ1v) is 8.76. The summed E-state index contributed by atoms with van der Waals surface area (Å²) < 4.78 is 0. The normalized spacial score (nSPS) is 22.7. The van der Waals surface area contributed by atoms with Gasteiger partial charge in [0.2, 0.25) is 0 Å². The summed E-state index contributed by atoms with van der Waals surface area (Å²) in [6, 6.07) is 19.6. The topological polar surface area (TPSA) is 68.1 Å². The van der Waals surface area contributed by atoms with Gasteiger partial charge in [0.15, 0.2) is 0 Å². The summed E-state index contributed by atoms with van der Waals surface area (Å²) in [6.45, 7) is 0. The molecule has 0 saturated carbocycles. The molecular weight excluding hydrogens is 326 g/mol. The maximum absolute atomic E-state index is 11.0. The molecule has 0 spiro atoms. The number of anilines is 1. The number of pyridine rings is 1. The Hall–Kier alpha value is -3.21. The van der Waals surface area contributed by atoms with Crippen LogP contribution in [-0.2, 0) is 6.42 Å². The number of hydrogen-bond acceptors (Lipinski definition) is 4. The molecule has 0 saturated heterocycles. The van der Waals surface area contributed by atoms with Gasteiger partial charge in [-0.25, -0.2) is 0 Å². The molecule has 3 atom stereocenters. The molecule has 0 fully saturated rings. The molecule has 0 unspecified atom stereocenters. The number of aromatic nitrogens is 1. The minimum Gasteiger partial charge on any atom is -0.376 e. The van der Waals surface area contributed by atoms with Crippen LogP contribution in [0, 0.1) is 16.0 Å². The summed E-state index contributed by atoms with van der Waals surface area (Å²) in [7, 11) is 0. The van der Waals surface area contributed by atoms with Crippen LogP contribution in [0.25, 0.3) is 0 Å². The average molecular weight is 343 g/mol. The summed E-state index contributed by atoms with van der Waals surface area (Å²) in [6.07, 6.45) is 2.83. The summed E-state index contributed by atoms with van der Waals surface area (Å²) in [5.41, 5.74) is 6.07. The highest BCUT2D eigenvalue weighted by Crippen LogP contribution is 2.52. The molecule has 0 amide bonds. The molecule has 2 heterocycles. The molecule has 128 valence electrons. The van der Waals surface area contributed by atoms with E-state index in [0.29, 0.717) is 5.92 Å². The van der Waals surface area contributed by atoms with Crippen LogP contribution in [0.1, 0.15) is 34.3 Å². The van der Waals surface area contributed by atoms with Crippen LogP contribution in [0.4, 0.5) is 11.4 Å². The molecule has 2 aliphatic rings. The Kier molecular flexibility index (Phi) is 3.28. The first-order valence-electron chi connectivity index (χ1n) is 8.76. The molecule has 0 bridgehead atoms. The average Bonchev–Trinajstić information content (AvgIpc) is 3.07. The summed E-state index contributed by atoms with van der Waals surface area (Å²) in [5, 5.41) is 14.6. The van der Waals surface area contributed by atoms with Crippen molar-refractivity contribution in [3.8, 4) is 0 Å². The van der Waals surface area contributed by atoms with Crippen molar-refractivity contribution in [2.24, 2.45) is 5.92 Å². The number of rotatable bonds is 2. The van der Waals surface area contributed by atoms with Gasteiger partial charge in [0.25, 0.3) is 5.69 Å². The molecular formula is C21H17N3O2. The Morgan fingerprint density at radius 1 is 1.04 bits per heavy atom. The fraction of sp³-hybridized carbons (Fsp3) is 0.190. The monoisotopic (exact) mass is 343 g/mol. The third-order valence-corrected chi connectivity index (χ3v) is 5.61. The lowest BCUT2D eigenvalue weighted by Gasteiger charge is -2.37.